The van der Waals surface area contributed by atoms with Crippen LogP contribution in [0, 0.1) is 5.92 Å². The van der Waals surface area contributed by atoms with Crippen LogP contribution in [0.25, 0.3) is 0 Å². The van der Waals surface area contributed by atoms with E-state index < -0.39 is 0 Å². The molecule has 0 aromatic heterocycles. The van der Waals surface area contributed by atoms with Gasteiger partial charge in [-0.25, -0.2) is 0 Å². The van der Waals surface area contributed by atoms with Crippen LogP contribution in [0.2, 0.25) is 0 Å². The van der Waals surface area contributed by atoms with Crippen LogP contribution in [0.1, 0.15) is 34.1 Å². The predicted octanol–water partition coefficient (Wildman–Crippen LogP) is 2.45. The molecule has 0 amide bonds. The van der Waals surface area contributed by atoms with E-state index in [0.717, 1.165) is 12.5 Å². The molecule has 0 radical (unpaired) electrons. The third-order valence-corrected chi connectivity index (χ3v) is 5.01. The molecular formula is C13H28N2S. The summed E-state index contributed by atoms with van der Waals surface area (Å²) in [4.78, 5) is 2.63. The van der Waals surface area contributed by atoms with Gasteiger partial charge < -0.3 is 5.32 Å². The average molecular weight is 244 g/mol. The standard InChI is InChI=1S/C13H28N2S/c1-6-11(2)12-9-15(8-7-14-12)10-13(3,4)16-5/h11-12,14H,6-10H2,1-5H3. The molecule has 1 aliphatic rings. The normalized spacial score (nSPS) is 25.7. The largest absolute Gasteiger partial charge is 0.311 e. The maximum atomic E-state index is 3.66. The van der Waals surface area contributed by atoms with E-state index in [2.05, 4.69) is 44.2 Å². The zero-order valence-corrected chi connectivity index (χ0v) is 12.4. The van der Waals surface area contributed by atoms with Gasteiger partial charge in [0.15, 0.2) is 0 Å². The maximum absolute atomic E-state index is 3.66. The van der Waals surface area contributed by atoms with Crippen LogP contribution in [0.4, 0.5) is 0 Å². The summed E-state index contributed by atoms with van der Waals surface area (Å²) in [6, 6.07) is 0.691. The van der Waals surface area contributed by atoms with Gasteiger partial charge in [0.05, 0.1) is 0 Å². The quantitative estimate of drug-likeness (QED) is 0.800. The average Bonchev–Trinajstić information content (AvgIpc) is 2.28. The lowest BCUT2D eigenvalue weighted by atomic mass is 9.97. The Morgan fingerprint density at radius 1 is 1.50 bits per heavy atom. The Morgan fingerprint density at radius 3 is 2.75 bits per heavy atom. The third kappa shape index (κ3) is 4.27. The minimum Gasteiger partial charge on any atom is -0.311 e. The van der Waals surface area contributed by atoms with Crippen molar-refractivity contribution in [3.63, 3.8) is 0 Å². The van der Waals surface area contributed by atoms with Crippen LogP contribution in [0.5, 0.6) is 0 Å². The molecule has 1 heterocycles. The van der Waals surface area contributed by atoms with Crippen molar-refractivity contribution in [1.82, 2.24) is 10.2 Å². The Kier molecular flexibility index (Phi) is 5.62. The van der Waals surface area contributed by atoms with E-state index >= 15 is 0 Å². The highest BCUT2D eigenvalue weighted by atomic mass is 32.2. The molecule has 1 saturated heterocycles. The van der Waals surface area contributed by atoms with Crippen LogP contribution in [-0.4, -0.2) is 48.1 Å². The summed E-state index contributed by atoms with van der Waals surface area (Å²) in [6.45, 7) is 14.1. The molecular weight excluding hydrogens is 216 g/mol. The summed E-state index contributed by atoms with van der Waals surface area (Å²) in [5.41, 5.74) is 0. The van der Waals surface area contributed by atoms with Gasteiger partial charge in [0.2, 0.25) is 0 Å². The molecule has 2 unspecified atom stereocenters. The van der Waals surface area contributed by atoms with Gasteiger partial charge in [0, 0.05) is 37.0 Å². The second-order valence-corrected chi connectivity index (χ2v) is 7.16. The smallest absolute Gasteiger partial charge is 0.0227 e. The molecule has 1 fully saturated rings. The fourth-order valence-electron chi connectivity index (χ4n) is 2.25. The molecule has 3 heteroatoms. The molecule has 2 nitrogen and oxygen atoms in total. The van der Waals surface area contributed by atoms with Gasteiger partial charge >= 0.3 is 0 Å². The van der Waals surface area contributed by atoms with Crippen LogP contribution in [-0.2, 0) is 0 Å². The molecule has 0 aromatic carbocycles. The molecule has 16 heavy (non-hydrogen) atoms. The van der Waals surface area contributed by atoms with E-state index in [1.165, 1.54) is 26.1 Å². The predicted molar refractivity (Wildman–Crippen MR) is 75.3 cm³/mol. The molecule has 2 atom stereocenters. The van der Waals surface area contributed by atoms with Crippen molar-refractivity contribution in [3.05, 3.63) is 0 Å². The number of rotatable bonds is 5. The highest BCUT2D eigenvalue weighted by Crippen LogP contribution is 2.23. The van der Waals surface area contributed by atoms with Crippen molar-refractivity contribution >= 4 is 11.8 Å². The Balaban J connectivity index is 2.44. The lowest BCUT2D eigenvalue weighted by Gasteiger charge is -2.39. The highest BCUT2D eigenvalue weighted by Gasteiger charge is 2.27. The summed E-state index contributed by atoms with van der Waals surface area (Å²) in [7, 11) is 0. The van der Waals surface area contributed by atoms with Crippen LogP contribution in [0.15, 0.2) is 0 Å². The highest BCUT2D eigenvalue weighted by molar-refractivity contribution is 7.99. The Bertz CT molecular complexity index is 206. The number of nitrogens with one attached hydrogen (secondary N) is 1. The lowest BCUT2D eigenvalue weighted by Crippen LogP contribution is -2.55. The van der Waals surface area contributed by atoms with Gasteiger partial charge in [-0.3, -0.25) is 4.90 Å². The van der Waals surface area contributed by atoms with Crippen LogP contribution < -0.4 is 5.32 Å². The molecule has 1 rings (SSSR count). The first kappa shape index (κ1) is 14.3. The van der Waals surface area contributed by atoms with Crippen molar-refractivity contribution < 1.29 is 0 Å². The SMILES string of the molecule is CCC(C)C1CN(CC(C)(C)SC)CCN1. The van der Waals surface area contributed by atoms with Crippen LogP contribution in [0.3, 0.4) is 0 Å². The van der Waals surface area contributed by atoms with E-state index in [-0.39, 0.29) is 0 Å². The fraction of sp³-hybridized carbons (Fsp3) is 1.00. The zero-order chi connectivity index (χ0) is 12.2. The van der Waals surface area contributed by atoms with Gasteiger partial charge in [-0.15, -0.1) is 0 Å². The molecule has 1 aliphatic heterocycles. The molecule has 0 spiro atoms. The molecule has 96 valence electrons. The van der Waals surface area contributed by atoms with Gasteiger partial charge in [-0.05, 0) is 26.0 Å². The molecule has 0 aromatic rings. The summed E-state index contributed by atoms with van der Waals surface area (Å²) in [5.74, 6) is 0.792. The van der Waals surface area contributed by atoms with Crippen molar-refractivity contribution in [2.75, 3.05) is 32.4 Å². The van der Waals surface area contributed by atoms with Gasteiger partial charge in [0.1, 0.15) is 0 Å². The second kappa shape index (κ2) is 6.27. The van der Waals surface area contributed by atoms with E-state index in [9.17, 15) is 0 Å². The van der Waals surface area contributed by atoms with Crippen molar-refractivity contribution in [2.45, 2.75) is 44.9 Å². The molecule has 0 saturated carbocycles. The van der Waals surface area contributed by atoms with E-state index in [1.807, 2.05) is 11.8 Å². The first-order chi connectivity index (χ1) is 7.48. The summed E-state index contributed by atoms with van der Waals surface area (Å²) < 4.78 is 0.386. The molecule has 0 bridgehead atoms. The zero-order valence-electron chi connectivity index (χ0n) is 11.5. The molecule has 0 aliphatic carbocycles. The monoisotopic (exact) mass is 244 g/mol. The number of piperazine rings is 1. The number of nitrogens with zero attached hydrogens (tertiary/aromatic N) is 1. The summed E-state index contributed by atoms with van der Waals surface area (Å²) in [6.07, 6.45) is 3.49. The minimum atomic E-state index is 0.386. The van der Waals surface area contributed by atoms with E-state index in [1.54, 1.807) is 0 Å². The third-order valence-electron chi connectivity index (χ3n) is 3.78. The molecule has 1 N–H and O–H groups in total. The summed E-state index contributed by atoms with van der Waals surface area (Å²) >= 11 is 1.97. The van der Waals surface area contributed by atoms with Gasteiger partial charge in [0.25, 0.3) is 0 Å². The Morgan fingerprint density at radius 2 is 2.19 bits per heavy atom. The first-order valence-electron chi connectivity index (χ1n) is 6.49. The lowest BCUT2D eigenvalue weighted by molar-refractivity contribution is 0.160. The topological polar surface area (TPSA) is 15.3 Å². The Labute approximate surface area is 106 Å². The van der Waals surface area contributed by atoms with Gasteiger partial charge in [-0.1, -0.05) is 20.3 Å². The Hall–Kier alpha value is 0.270. The van der Waals surface area contributed by atoms with E-state index in [4.69, 9.17) is 0 Å². The van der Waals surface area contributed by atoms with E-state index in [0.29, 0.717) is 10.8 Å². The van der Waals surface area contributed by atoms with Crippen LogP contribution >= 0.6 is 11.8 Å². The number of hydrogen-bond donors (Lipinski definition) is 1. The van der Waals surface area contributed by atoms with Gasteiger partial charge in [-0.2, -0.15) is 11.8 Å². The van der Waals surface area contributed by atoms with Crippen molar-refractivity contribution in [3.8, 4) is 0 Å². The minimum absolute atomic E-state index is 0.386. The maximum Gasteiger partial charge on any atom is 0.0227 e. The fourth-order valence-corrected chi connectivity index (χ4v) is 2.57. The number of thioether (sulfide) groups is 1. The summed E-state index contributed by atoms with van der Waals surface area (Å²) in [5, 5.41) is 3.66. The second-order valence-electron chi connectivity index (χ2n) is 5.65. The first-order valence-corrected chi connectivity index (χ1v) is 7.72. The number of hydrogen-bond acceptors (Lipinski definition) is 3. The van der Waals surface area contributed by atoms with Crippen molar-refractivity contribution in [1.29, 1.82) is 0 Å². The van der Waals surface area contributed by atoms with Crippen molar-refractivity contribution in [2.24, 2.45) is 5.92 Å².